The Bertz CT molecular complexity index is 1840. The molecule has 4 heterocycles. The fraction of sp³-hybridized carbons (Fsp3) is 0.800. The number of aliphatic hydroxyl groups excluding tert-OH is 3. The minimum absolute atomic E-state index is 0.119. The van der Waals surface area contributed by atoms with Gasteiger partial charge in [-0.25, -0.2) is 0 Å². The van der Waals surface area contributed by atoms with Crippen LogP contribution in [0.5, 0.6) is 0 Å². The lowest BCUT2D eigenvalue weighted by Gasteiger charge is -2.48. The molecule has 3 aliphatic rings. The summed E-state index contributed by atoms with van der Waals surface area (Å²) in [5, 5.41) is 64.6. The van der Waals surface area contributed by atoms with Crippen molar-refractivity contribution in [2.75, 3.05) is 40.8 Å². The number of likely N-dealkylation sites (N-methyl/N-ethyl adjacent to an activating group) is 1. The van der Waals surface area contributed by atoms with Gasteiger partial charge in [0, 0.05) is 50.0 Å². The Morgan fingerprint density at radius 2 is 1.64 bits per heavy atom. The molecule has 0 aliphatic carbocycles. The average molecular weight is 933 g/mol. The van der Waals surface area contributed by atoms with E-state index in [2.05, 4.69) is 16.3 Å². The molecule has 0 saturated carbocycles. The van der Waals surface area contributed by atoms with Crippen molar-refractivity contribution in [3.63, 3.8) is 0 Å². The molecule has 0 bridgehead atoms. The van der Waals surface area contributed by atoms with Crippen LogP contribution in [0.1, 0.15) is 107 Å². The molecule has 0 amide bonds. The van der Waals surface area contributed by atoms with Crippen LogP contribution in [0.3, 0.4) is 0 Å². The lowest BCUT2D eigenvalue weighted by atomic mass is 9.77. The summed E-state index contributed by atoms with van der Waals surface area (Å²) in [7, 11) is 5.30. The van der Waals surface area contributed by atoms with Crippen LogP contribution in [0.15, 0.2) is 36.4 Å². The van der Waals surface area contributed by atoms with E-state index in [4.69, 9.17) is 33.4 Å². The number of pyridine rings is 1. The standard InChI is InChI=1S/C50H84N4O12/c1-14-39-50(10,60)43(56)33(6)54(23-17-22-51-27-36-21-20-35-18-15-16-19-37(35)52-36)28-29(2)25-48(8,59)45(66-47-41(55)38(53(11)12)24-30(3)62-47)31(4)42(32(5)46(58)64-39)65-40-26-49(9,61-13)44(57)34(7)63-40/h15-16,18-21,29-34,38-45,47,51,55-57,59-60H,14,17,22-28H2,1-13H3/t29-,30-,31+,32-,33-,34+,38+,39-,40+,41-,42+,43-,44+,45-,47+,48-,49-,50-/m1/s1. The molecule has 1 aromatic carbocycles. The lowest BCUT2D eigenvalue weighted by Crippen LogP contribution is -2.60. The SMILES string of the molecule is CC[C@H]1OC(=O)[C@H](C)[C@@H](O[C@H]2C[C@@](C)(OC)[C@@H](O)[C@H](C)O2)[C@H](C)[C@@H](O[C@@H]2O[C@H](C)C[C@H](N(C)C)[C@H]2O)[C@](C)(O)C[C@@H](C)CN(CCCNCc2ccc3ccccc3n2)[C@H](C)[C@@H](O)[C@]1(C)O. The molecule has 5 rings (SSSR count). The smallest absolute Gasteiger partial charge is 0.311 e. The number of rotatable bonds is 13. The van der Waals surface area contributed by atoms with Crippen LogP contribution in [0, 0.1) is 17.8 Å². The average Bonchev–Trinajstić information content (AvgIpc) is 3.26. The Hall–Kier alpha value is -2.42. The highest BCUT2D eigenvalue weighted by Crippen LogP contribution is 2.40. The van der Waals surface area contributed by atoms with E-state index >= 15 is 0 Å². The summed E-state index contributed by atoms with van der Waals surface area (Å²) < 4.78 is 38.2. The van der Waals surface area contributed by atoms with Gasteiger partial charge in [-0.15, -0.1) is 0 Å². The monoisotopic (exact) mass is 933 g/mol. The van der Waals surface area contributed by atoms with Crippen molar-refractivity contribution in [1.29, 1.82) is 0 Å². The van der Waals surface area contributed by atoms with E-state index in [1.807, 2.05) is 77.0 Å². The number of esters is 1. The predicted octanol–water partition coefficient (Wildman–Crippen LogP) is 4.00. The minimum Gasteiger partial charge on any atom is -0.459 e. The van der Waals surface area contributed by atoms with Gasteiger partial charge in [0.2, 0.25) is 0 Å². The number of fused-ring (bicyclic) bond motifs is 1. The van der Waals surface area contributed by atoms with E-state index < -0.39 is 96.0 Å². The number of ether oxygens (including phenoxy) is 6. The van der Waals surface area contributed by atoms with Crippen LogP contribution in [0.25, 0.3) is 10.9 Å². The number of methoxy groups -OCH3 is 1. The first kappa shape index (κ1) is 54.5. The van der Waals surface area contributed by atoms with E-state index in [0.717, 1.165) is 16.6 Å². The van der Waals surface area contributed by atoms with Gasteiger partial charge in [-0.3, -0.25) is 14.7 Å². The third-order valence-corrected chi connectivity index (χ3v) is 14.8. The van der Waals surface area contributed by atoms with Crippen LogP contribution in [-0.2, 0) is 39.8 Å². The van der Waals surface area contributed by atoms with Gasteiger partial charge in [0.25, 0.3) is 0 Å². The van der Waals surface area contributed by atoms with Crippen LogP contribution in [0.2, 0.25) is 0 Å². The van der Waals surface area contributed by atoms with Crippen molar-refractivity contribution < 1.29 is 58.7 Å². The number of nitrogens with one attached hydrogen (secondary N) is 1. The Balaban J connectivity index is 1.49. The molecule has 2 aromatic rings. The number of nitrogens with zero attached hydrogens (tertiary/aromatic N) is 3. The number of para-hydroxylation sites is 1. The van der Waals surface area contributed by atoms with Gasteiger partial charge in [-0.1, -0.05) is 45.0 Å². The largest absolute Gasteiger partial charge is 0.459 e. The first-order chi connectivity index (χ1) is 30.9. The van der Waals surface area contributed by atoms with Crippen molar-refractivity contribution in [1.82, 2.24) is 20.1 Å². The summed E-state index contributed by atoms with van der Waals surface area (Å²) in [6.45, 7) is 20.0. The van der Waals surface area contributed by atoms with E-state index in [-0.39, 0.29) is 37.3 Å². The third kappa shape index (κ3) is 12.9. The van der Waals surface area contributed by atoms with Crippen LogP contribution >= 0.6 is 0 Å². The summed E-state index contributed by atoms with van der Waals surface area (Å²) in [6, 6.07) is 11.2. The molecule has 6 N–H and O–H groups in total. The second kappa shape index (κ2) is 23.0. The van der Waals surface area contributed by atoms with Crippen molar-refractivity contribution in [3.8, 4) is 0 Å². The van der Waals surface area contributed by atoms with E-state index in [1.54, 1.807) is 34.6 Å². The molecule has 0 unspecified atom stereocenters. The number of cyclic esters (lactones) is 1. The summed E-state index contributed by atoms with van der Waals surface area (Å²) in [5.74, 6) is -2.72. The zero-order chi connectivity index (χ0) is 48.9. The number of hydrogen-bond acceptors (Lipinski definition) is 16. The molecule has 3 saturated heterocycles. The molecule has 0 spiro atoms. The number of carbonyl (C=O) groups is 1. The van der Waals surface area contributed by atoms with Crippen molar-refractivity contribution in [3.05, 3.63) is 42.1 Å². The predicted molar refractivity (Wildman–Crippen MR) is 251 cm³/mol. The van der Waals surface area contributed by atoms with Gasteiger partial charge in [0.1, 0.15) is 30.0 Å². The fourth-order valence-electron chi connectivity index (χ4n) is 10.7. The molecule has 376 valence electrons. The first-order valence-corrected chi connectivity index (χ1v) is 24.3. The summed E-state index contributed by atoms with van der Waals surface area (Å²) in [5.41, 5.74) is -2.65. The number of carbonyl (C=O) groups excluding carboxylic acids is 1. The molecular weight excluding hydrogens is 849 g/mol. The summed E-state index contributed by atoms with van der Waals surface area (Å²) >= 11 is 0. The van der Waals surface area contributed by atoms with E-state index in [9.17, 15) is 30.3 Å². The molecule has 66 heavy (non-hydrogen) atoms. The Kier molecular flexibility index (Phi) is 19.0. The van der Waals surface area contributed by atoms with Gasteiger partial charge in [-0.05, 0) is 119 Å². The van der Waals surface area contributed by atoms with Gasteiger partial charge in [0.05, 0.1) is 52.7 Å². The normalized spacial score (nSPS) is 41.6. The van der Waals surface area contributed by atoms with E-state index in [0.29, 0.717) is 39.0 Å². The maximum absolute atomic E-state index is 14.6. The minimum atomic E-state index is -1.86. The number of aromatic nitrogens is 1. The zero-order valence-corrected chi connectivity index (χ0v) is 41.9. The fourth-order valence-corrected chi connectivity index (χ4v) is 10.7. The second-order valence-corrected chi connectivity index (χ2v) is 20.7. The first-order valence-electron chi connectivity index (χ1n) is 24.3. The third-order valence-electron chi connectivity index (χ3n) is 14.8. The van der Waals surface area contributed by atoms with Gasteiger partial charge in [0.15, 0.2) is 12.6 Å². The van der Waals surface area contributed by atoms with Gasteiger partial charge >= 0.3 is 5.97 Å². The van der Waals surface area contributed by atoms with Crippen molar-refractivity contribution in [2.24, 2.45) is 17.8 Å². The highest BCUT2D eigenvalue weighted by molar-refractivity contribution is 5.78. The highest BCUT2D eigenvalue weighted by atomic mass is 16.7. The topological polar surface area (TPSA) is 205 Å². The molecule has 16 nitrogen and oxygen atoms in total. The Morgan fingerprint density at radius 3 is 2.30 bits per heavy atom. The molecular formula is C50H84N4O12. The Labute approximate surface area is 393 Å². The van der Waals surface area contributed by atoms with Gasteiger partial charge in [-0.2, -0.15) is 0 Å². The van der Waals surface area contributed by atoms with Crippen molar-refractivity contribution in [2.45, 2.75) is 198 Å². The number of aliphatic hydroxyl groups is 5. The van der Waals surface area contributed by atoms with Crippen molar-refractivity contribution >= 4 is 16.9 Å². The molecule has 1 aromatic heterocycles. The highest BCUT2D eigenvalue weighted by Gasteiger charge is 2.53. The van der Waals surface area contributed by atoms with Crippen LogP contribution < -0.4 is 5.32 Å². The lowest BCUT2D eigenvalue weighted by molar-refractivity contribution is -0.318. The summed E-state index contributed by atoms with van der Waals surface area (Å²) in [4.78, 5) is 23.4. The maximum atomic E-state index is 14.6. The second-order valence-electron chi connectivity index (χ2n) is 20.7. The van der Waals surface area contributed by atoms with E-state index in [1.165, 1.54) is 14.0 Å². The zero-order valence-electron chi connectivity index (χ0n) is 41.9. The molecule has 18 atom stereocenters. The number of hydrogen-bond donors (Lipinski definition) is 6. The molecule has 16 heteroatoms. The quantitative estimate of drug-likeness (QED) is 0.124. The molecule has 3 fully saturated rings. The Morgan fingerprint density at radius 1 is 0.939 bits per heavy atom. The molecule has 0 radical (unpaired) electrons. The maximum Gasteiger partial charge on any atom is 0.311 e. The number of benzene rings is 1. The molecule has 3 aliphatic heterocycles. The van der Waals surface area contributed by atoms with Crippen LogP contribution in [-0.4, -0.2) is 177 Å². The van der Waals surface area contributed by atoms with Gasteiger partial charge < -0.3 is 64.2 Å². The summed E-state index contributed by atoms with van der Waals surface area (Å²) in [6.07, 6.45) is -7.90. The van der Waals surface area contributed by atoms with Crippen LogP contribution in [0.4, 0.5) is 0 Å².